The molecule has 3 N–H and O–H groups in total. The number of nitrogens with zero attached hydrogens (tertiary/aromatic N) is 2. The number of amides is 2. The molecule has 0 aromatic heterocycles. The van der Waals surface area contributed by atoms with Crippen LogP contribution in [0.4, 0.5) is 5.69 Å². The number of carbonyl (C=O) groups is 2. The van der Waals surface area contributed by atoms with E-state index >= 15 is 0 Å². The van der Waals surface area contributed by atoms with E-state index in [4.69, 9.17) is 28.9 Å². The molecule has 1 saturated heterocycles. The normalized spacial score (nSPS) is 23.8. The second-order valence-electron chi connectivity index (χ2n) is 7.93. The van der Waals surface area contributed by atoms with Gasteiger partial charge in [-0.25, -0.2) is 0 Å². The molecule has 0 aliphatic carbocycles. The highest BCUT2D eigenvalue weighted by Crippen LogP contribution is 2.50. The van der Waals surface area contributed by atoms with Crippen molar-refractivity contribution in [2.45, 2.75) is 30.9 Å². The summed E-state index contributed by atoms with van der Waals surface area (Å²) in [5, 5.41) is 12.1. The van der Waals surface area contributed by atoms with Crippen molar-refractivity contribution in [2.75, 3.05) is 25.0 Å². The maximum absolute atomic E-state index is 13.6. The number of hydrogen-bond donors (Lipinski definition) is 2. The summed E-state index contributed by atoms with van der Waals surface area (Å²) in [5.41, 5.74) is 4.48. The van der Waals surface area contributed by atoms with Crippen LogP contribution in [0.25, 0.3) is 0 Å². The Morgan fingerprint density at radius 3 is 2.63 bits per heavy atom. The van der Waals surface area contributed by atoms with E-state index in [9.17, 15) is 14.7 Å². The zero-order valence-corrected chi connectivity index (χ0v) is 18.1. The highest BCUT2D eigenvalue weighted by Gasteiger charge is 2.53. The van der Waals surface area contributed by atoms with Crippen molar-refractivity contribution in [3.05, 3.63) is 63.1 Å². The van der Waals surface area contributed by atoms with E-state index in [-0.39, 0.29) is 26.7 Å². The Labute approximate surface area is 185 Å². The van der Waals surface area contributed by atoms with Gasteiger partial charge in [0.2, 0.25) is 5.91 Å². The van der Waals surface area contributed by atoms with Crippen molar-refractivity contribution in [1.82, 2.24) is 4.90 Å². The fourth-order valence-electron chi connectivity index (χ4n) is 4.57. The second kappa shape index (κ2) is 7.85. The molecule has 0 radical (unpaired) electrons. The lowest BCUT2D eigenvalue weighted by Crippen LogP contribution is -2.43. The van der Waals surface area contributed by atoms with Crippen molar-refractivity contribution in [1.29, 1.82) is 0 Å². The van der Waals surface area contributed by atoms with Crippen LogP contribution >= 0.6 is 23.2 Å². The number of aliphatic hydroxyl groups is 1. The Kier molecular flexibility index (Phi) is 5.53. The smallest absolute Gasteiger partial charge is 0.268 e. The molecule has 2 aliphatic heterocycles. The number of hydrogen-bond acceptors (Lipinski definition) is 4. The number of benzene rings is 2. The Morgan fingerprint density at radius 1 is 1.27 bits per heavy atom. The van der Waals surface area contributed by atoms with Crippen molar-refractivity contribution < 1.29 is 14.7 Å². The first kappa shape index (κ1) is 21.1. The van der Waals surface area contributed by atoms with Crippen molar-refractivity contribution in [3.63, 3.8) is 0 Å². The Morgan fingerprint density at radius 2 is 2.00 bits per heavy atom. The van der Waals surface area contributed by atoms with Gasteiger partial charge in [-0.2, -0.15) is 0 Å². The molecule has 30 heavy (non-hydrogen) atoms. The number of nitrogens with two attached hydrogens (primary N) is 1. The van der Waals surface area contributed by atoms with E-state index in [0.29, 0.717) is 18.3 Å². The van der Waals surface area contributed by atoms with Gasteiger partial charge < -0.3 is 20.6 Å². The van der Waals surface area contributed by atoms with E-state index in [1.807, 2.05) is 0 Å². The number of halogens is 2. The zero-order valence-electron chi connectivity index (χ0n) is 16.6. The van der Waals surface area contributed by atoms with Crippen LogP contribution in [0.3, 0.4) is 0 Å². The molecule has 2 aromatic rings. The van der Waals surface area contributed by atoms with Gasteiger partial charge in [-0.3, -0.25) is 9.59 Å². The molecule has 2 heterocycles. The lowest BCUT2D eigenvalue weighted by Gasteiger charge is -2.26. The van der Waals surface area contributed by atoms with E-state index in [2.05, 4.69) is 11.9 Å². The molecule has 1 fully saturated rings. The summed E-state index contributed by atoms with van der Waals surface area (Å²) < 4.78 is 0. The Bertz CT molecular complexity index is 1030. The van der Waals surface area contributed by atoms with Crippen LogP contribution in [0.2, 0.25) is 10.0 Å². The van der Waals surface area contributed by atoms with Crippen molar-refractivity contribution in [3.8, 4) is 0 Å². The first-order valence-electron chi connectivity index (χ1n) is 9.88. The molecule has 4 rings (SSSR count). The molecule has 0 bridgehead atoms. The molecule has 0 spiro atoms. The van der Waals surface area contributed by atoms with Gasteiger partial charge >= 0.3 is 0 Å². The molecule has 2 aromatic carbocycles. The second-order valence-corrected chi connectivity index (χ2v) is 8.74. The topological polar surface area (TPSA) is 86.9 Å². The monoisotopic (exact) mass is 447 g/mol. The fourth-order valence-corrected chi connectivity index (χ4v) is 5.19. The quantitative estimate of drug-likeness (QED) is 0.736. The van der Waals surface area contributed by atoms with Crippen LogP contribution in [0.5, 0.6) is 0 Å². The summed E-state index contributed by atoms with van der Waals surface area (Å²) >= 11 is 12.8. The third-order valence-corrected chi connectivity index (χ3v) is 6.81. The predicted octanol–water partition coefficient (Wildman–Crippen LogP) is 3.16. The molecular formula is C22H23Cl2N3O3. The van der Waals surface area contributed by atoms with Gasteiger partial charge in [-0.1, -0.05) is 41.4 Å². The molecule has 0 saturated carbocycles. The molecule has 2 aliphatic rings. The standard InChI is InChI=1S/C22H23Cl2N3O3/c1-26-9-4-5-14(26)8-10-27-18-12-13(20(25)28)11-17(24)19(18)22(30,21(27)29)15-6-2-3-7-16(15)23/h2-3,6-7,11-12,14,30H,4-5,8-10H2,1H3,(H2,25,28). The number of primary amides is 1. The average Bonchev–Trinajstić information content (AvgIpc) is 3.20. The molecule has 158 valence electrons. The minimum Gasteiger partial charge on any atom is -0.372 e. The first-order chi connectivity index (χ1) is 14.2. The first-order valence-corrected chi connectivity index (χ1v) is 10.6. The highest BCUT2D eigenvalue weighted by atomic mass is 35.5. The number of carbonyl (C=O) groups excluding carboxylic acids is 2. The lowest BCUT2D eigenvalue weighted by atomic mass is 9.87. The van der Waals surface area contributed by atoms with E-state index in [0.717, 1.165) is 25.8 Å². The lowest BCUT2D eigenvalue weighted by molar-refractivity contribution is -0.132. The van der Waals surface area contributed by atoms with Gasteiger partial charge in [0.25, 0.3) is 5.91 Å². The van der Waals surface area contributed by atoms with Crippen LogP contribution in [-0.2, 0) is 10.4 Å². The van der Waals surface area contributed by atoms with Gasteiger partial charge in [0.15, 0.2) is 5.60 Å². The third-order valence-electron chi connectivity index (χ3n) is 6.18. The number of fused-ring (bicyclic) bond motifs is 1. The Balaban J connectivity index is 1.83. The van der Waals surface area contributed by atoms with Gasteiger partial charge in [0, 0.05) is 34.3 Å². The van der Waals surface area contributed by atoms with Crippen LogP contribution in [0.15, 0.2) is 36.4 Å². The average molecular weight is 448 g/mol. The number of rotatable bonds is 5. The maximum atomic E-state index is 13.6. The minimum atomic E-state index is -2.04. The van der Waals surface area contributed by atoms with Gasteiger partial charge in [0.1, 0.15) is 0 Å². The molecule has 2 atom stereocenters. The summed E-state index contributed by atoms with van der Waals surface area (Å²) in [4.78, 5) is 29.2. The molecular weight excluding hydrogens is 425 g/mol. The Hall–Kier alpha value is -2.12. The summed E-state index contributed by atoms with van der Waals surface area (Å²) in [6, 6.07) is 9.90. The van der Waals surface area contributed by atoms with Gasteiger partial charge in [-0.15, -0.1) is 0 Å². The number of anilines is 1. The van der Waals surface area contributed by atoms with E-state index in [1.165, 1.54) is 17.0 Å². The van der Waals surface area contributed by atoms with Gasteiger partial charge in [0.05, 0.1) is 10.7 Å². The maximum Gasteiger partial charge on any atom is 0.268 e. The molecule has 2 amide bonds. The summed E-state index contributed by atoms with van der Waals surface area (Å²) in [7, 11) is 2.07. The van der Waals surface area contributed by atoms with Crippen LogP contribution < -0.4 is 10.6 Å². The van der Waals surface area contributed by atoms with Crippen LogP contribution in [0, 0.1) is 0 Å². The van der Waals surface area contributed by atoms with Crippen LogP contribution in [0.1, 0.15) is 40.7 Å². The minimum absolute atomic E-state index is 0.0950. The third kappa shape index (κ3) is 3.28. The van der Waals surface area contributed by atoms with E-state index < -0.39 is 17.4 Å². The summed E-state index contributed by atoms with van der Waals surface area (Å²) in [6.45, 7) is 1.41. The highest BCUT2D eigenvalue weighted by molar-refractivity contribution is 6.35. The zero-order chi connectivity index (χ0) is 21.6. The SMILES string of the molecule is CN1CCCC1CCN1C(=O)C(O)(c2ccccc2Cl)c2c(Cl)cc(C(N)=O)cc21. The summed E-state index contributed by atoms with van der Waals surface area (Å²) in [6.07, 6.45) is 2.91. The van der Waals surface area contributed by atoms with Crippen molar-refractivity contribution in [2.24, 2.45) is 5.73 Å². The largest absolute Gasteiger partial charge is 0.372 e. The molecule has 6 nitrogen and oxygen atoms in total. The molecule has 2 unspecified atom stereocenters. The summed E-state index contributed by atoms with van der Waals surface area (Å²) in [5.74, 6) is -1.19. The van der Waals surface area contributed by atoms with Crippen molar-refractivity contribution >= 4 is 40.7 Å². The van der Waals surface area contributed by atoms with E-state index in [1.54, 1.807) is 24.3 Å². The predicted molar refractivity (Wildman–Crippen MR) is 117 cm³/mol. The van der Waals surface area contributed by atoms with Gasteiger partial charge in [-0.05, 0) is 51.1 Å². The number of likely N-dealkylation sites (tertiary alicyclic amines) is 1. The fraction of sp³-hybridized carbons (Fsp3) is 0.364. The van der Waals surface area contributed by atoms with Crippen LogP contribution in [-0.4, -0.2) is 48.0 Å². The molecule has 8 heteroatoms.